The molecule has 0 spiro atoms. The van der Waals surface area contributed by atoms with E-state index in [4.69, 9.17) is 9.72 Å². The molecule has 19 heavy (non-hydrogen) atoms. The third-order valence-electron chi connectivity index (χ3n) is 3.74. The summed E-state index contributed by atoms with van der Waals surface area (Å²) in [5.74, 6) is 0. The Morgan fingerprint density at radius 1 is 1.32 bits per heavy atom. The number of thiazole rings is 1. The van der Waals surface area contributed by atoms with Crippen LogP contribution in [0.4, 0.5) is 0 Å². The predicted octanol–water partition coefficient (Wildman–Crippen LogP) is 3.32. The van der Waals surface area contributed by atoms with E-state index in [2.05, 4.69) is 12.2 Å². The molecule has 1 heterocycles. The van der Waals surface area contributed by atoms with Crippen LogP contribution in [0, 0.1) is 0 Å². The Morgan fingerprint density at radius 2 is 2.11 bits per heavy atom. The first kappa shape index (κ1) is 14.9. The molecular weight excluding hydrogens is 256 g/mol. The first-order valence-corrected chi connectivity index (χ1v) is 8.35. The molecule has 1 aromatic rings. The molecule has 4 heteroatoms. The fourth-order valence-electron chi connectivity index (χ4n) is 2.67. The quantitative estimate of drug-likeness (QED) is 0.794. The van der Waals surface area contributed by atoms with E-state index >= 15 is 0 Å². The van der Waals surface area contributed by atoms with E-state index in [1.807, 2.05) is 11.3 Å². The molecule has 108 valence electrons. The van der Waals surface area contributed by atoms with Crippen molar-refractivity contribution in [3.63, 3.8) is 0 Å². The van der Waals surface area contributed by atoms with Gasteiger partial charge in [0.15, 0.2) is 0 Å². The first-order chi connectivity index (χ1) is 9.33. The highest BCUT2D eigenvalue weighted by atomic mass is 32.1. The molecule has 2 rings (SSSR count). The zero-order chi connectivity index (χ0) is 13.5. The van der Waals surface area contributed by atoms with Crippen molar-refractivity contribution in [2.24, 2.45) is 0 Å². The lowest BCUT2D eigenvalue weighted by Gasteiger charge is -2.11. The molecule has 0 aliphatic heterocycles. The zero-order valence-corrected chi connectivity index (χ0v) is 13.0. The number of hydrogen-bond acceptors (Lipinski definition) is 4. The molecule has 1 aromatic heterocycles. The van der Waals surface area contributed by atoms with E-state index in [0.717, 1.165) is 32.0 Å². The fourth-order valence-corrected chi connectivity index (χ4v) is 3.72. The molecule has 1 saturated carbocycles. The van der Waals surface area contributed by atoms with Crippen molar-refractivity contribution in [2.45, 2.75) is 64.5 Å². The minimum atomic E-state index is 0.735. The molecule has 0 amide bonds. The molecule has 1 fully saturated rings. The standard InChI is InChI=1S/C15H26N2OS/c1-3-6-13-14(11-16-12-7-4-5-8-12)19-15(17-13)9-10-18-2/h12,16H,3-11H2,1-2H3. The maximum atomic E-state index is 5.15. The molecule has 1 aliphatic carbocycles. The average molecular weight is 282 g/mol. The Bertz CT molecular complexity index is 372. The van der Waals surface area contributed by atoms with Crippen LogP contribution < -0.4 is 5.32 Å². The highest BCUT2D eigenvalue weighted by molar-refractivity contribution is 7.11. The summed E-state index contributed by atoms with van der Waals surface area (Å²) in [6.07, 6.45) is 8.69. The van der Waals surface area contributed by atoms with E-state index < -0.39 is 0 Å². The minimum Gasteiger partial charge on any atom is -0.384 e. The second-order valence-electron chi connectivity index (χ2n) is 5.33. The van der Waals surface area contributed by atoms with Crippen LogP contribution in [-0.4, -0.2) is 24.7 Å². The summed E-state index contributed by atoms with van der Waals surface area (Å²) in [4.78, 5) is 6.23. The SMILES string of the molecule is CCCc1nc(CCOC)sc1CNC1CCCC1. The van der Waals surface area contributed by atoms with Crippen LogP contribution in [0.25, 0.3) is 0 Å². The van der Waals surface area contributed by atoms with Gasteiger partial charge in [0.05, 0.1) is 17.3 Å². The molecule has 0 atom stereocenters. The Labute approximate surface area is 120 Å². The average Bonchev–Trinajstić information content (AvgIpc) is 3.04. The summed E-state index contributed by atoms with van der Waals surface area (Å²) >= 11 is 1.87. The van der Waals surface area contributed by atoms with Gasteiger partial charge in [-0.25, -0.2) is 4.98 Å². The number of nitrogens with one attached hydrogen (secondary N) is 1. The van der Waals surface area contributed by atoms with Gasteiger partial charge in [-0.15, -0.1) is 11.3 Å². The number of ether oxygens (including phenoxy) is 1. The van der Waals surface area contributed by atoms with E-state index in [-0.39, 0.29) is 0 Å². The second-order valence-corrected chi connectivity index (χ2v) is 6.50. The largest absolute Gasteiger partial charge is 0.384 e. The number of aromatic nitrogens is 1. The lowest BCUT2D eigenvalue weighted by Crippen LogP contribution is -2.25. The highest BCUT2D eigenvalue weighted by Gasteiger charge is 2.16. The van der Waals surface area contributed by atoms with Crippen LogP contribution in [0.2, 0.25) is 0 Å². The molecular formula is C15H26N2OS. The molecule has 1 aliphatic rings. The van der Waals surface area contributed by atoms with Crippen molar-refractivity contribution >= 4 is 11.3 Å². The maximum absolute atomic E-state index is 5.15. The van der Waals surface area contributed by atoms with Gasteiger partial charge in [-0.3, -0.25) is 0 Å². The van der Waals surface area contributed by atoms with E-state index in [1.165, 1.54) is 47.7 Å². The molecule has 1 N–H and O–H groups in total. The van der Waals surface area contributed by atoms with Crippen molar-refractivity contribution in [1.29, 1.82) is 0 Å². The van der Waals surface area contributed by atoms with Crippen LogP contribution >= 0.6 is 11.3 Å². The molecule has 3 nitrogen and oxygen atoms in total. The van der Waals surface area contributed by atoms with Crippen LogP contribution in [0.3, 0.4) is 0 Å². The number of aryl methyl sites for hydroxylation is 1. The monoisotopic (exact) mass is 282 g/mol. The summed E-state index contributed by atoms with van der Waals surface area (Å²) in [6.45, 7) is 4.00. The van der Waals surface area contributed by atoms with Crippen LogP contribution in [0.5, 0.6) is 0 Å². The van der Waals surface area contributed by atoms with Gasteiger partial charge in [0.1, 0.15) is 0 Å². The summed E-state index contributed by atoms with van der Waals surface area (Å²) in [6, 6.07) is 0.735. The van der Waals surface area contributed by atoms with E-state index in [0.29, 0.717) is 0 Å². The molecule has 0 aromatic carbocycles. The van der Waals surface area contributed by atoms with Crippen molar-refractivity contribution in [3.05, 3.63) is 15.6 Å². The van der Waals surface area contributed by atoms with Gasteiger partial charge < -0.3 is 10.1 Å². The van der Waals surface area contributed by atoms with Crippen molar-refractivity contribution in [3.8, 4) is 0 Å². The summed E-state index contributed by atoms with van der Waals surface area (Å²) in [5.41, 5.74) is 1.31. The van der Waals surface area contributed by atoms with Crippen molar-refractivity contribution in [2.75, 3.05) is 13.7 Å². The molecule has 0 unspecified atom stereocenters. The smallest absolute Gasteiger partial charge is 0.0954 e. The van der Waals surface area contributed by atoms with Crippen molar-refractivity contribution < 1.29 is 4.74 Å². The topological polar surface area (TPSA) is 34.1 Å². The zero-order valence-electron chi connectivity index (χ0n) is 12.2. The second kappa shape index (κ2) is 7.98. The third kappa shape index (κ3) is 4.55. The number of rotatable bonds is 8. The van der Waals surface area contributed by atoms with Gasteiger partial charge in [-0.1, -0.05) is 26.2 Å². The first-order valence-electron chi connectivity index (χ1n) is 7.53. The summed E-state index contributed by atoms with van der Waals surface area (Å²) in [7, 11) is 1.75. The van der Waals surface area contributed by atoms with E-state index in [1.54, 1.807) is 7.11 Å². The van der Waals surface area contributed by atoms with Gasteiger partial charge >= 0.3 is 0 Å². The highest BCUT2D eigenvalue weighted by Crippen LogP contribution is 2.23. The normalized spacial score (nSPS) is 16.3. The minimum absolute atomic E-state index is 0.735. The summed E-state index contributed by atoms with van der Waals surface area (Å²) in [5, 5.41) is 4.94. The Morgan fingerprint density at radius 3 is 2.79 bits per heavy atom. The van der Waals surface area contributed by atoms with Gasteiger partial charge in [0.25, 0.3) is 0 Å². The molecule has 0 radical (unpaired) electrons. The third-order valence-corrected chi connectivity index (χ3v) is 4.89. The Kier molecular flexibility index (Phi) is 6.28. The fraction of sp³-hybridized carbons (Fsp3) is 0.800. The Balaban J connectivity index is 1.93. The maximum Gasteiger partial charge on any atom is 0.0954 e. The van der Waals surface area contributed by atoms with Crippen LogP contribution in [-0.2, 0) is 24.1 Å². The lowest BCUT2D eigenvalue weighted by molar-refractivity contribution is 0.202. The van der Waals surface area contributed by atoms with Gasteiger partial charge in [-0.2, -0.15) is 0 Å². The van der Waals surface area contributed by atoms with Gasteiger partial charge in [0.2, 0.25) is 0 Å². The number of methoxy groups -OCH3 is 1. The van der Waals surface area contributed by atoms with E-state index in [9.17, 15) is 0 Å². The van der Waals surface area contributed by atoms with Gasteiger partial charge in [0, 0.05) is 31.0 Å². The predicted molar refractivity (Wildman–Crippen MR) is 80.8 cm³/mol. The number of hydrogen-bond donors (Lipinski definition) is 1. The molecule has 0 saturated heterocycles. The van der Waals surface area contributed by atoms with Crippen LogP contribution in [0.15, 0.2) is 0 Å². The number of nitrogens with zero attached hydrogens (tertiary/aromatic N) is 1. The Hall–Kier alpha value is -0.450. The molecule has 0 bridgehead atoms. The lowest BCUT2D eigenvalue weighted by atomic mass is 10.2. The van der Waals surface area contributed by atoms with Crippen molar-refractivity contribution in [1.82, 2.24) is 10.3 Å². The summed E-state index contributed by atoms with van der Waals surface area (Å²) < 4.78 is 5.15. The van der Waals surface area contributed by atoms with Crippen LogP contribution in [0.1, 0.15) is 54.6 Å². The van der Waals surface area contributed by atoms with Gasteiger partial charge in [-0.05, 0) is 19.3 Å².